The van der Waals surface area contributed by atoms with Crippen LogP contribution in [0.15, 0.2) is 60.3 Å². The highest BCUT2D eigenvalue weighted by atomic mass is 16.1. The Balaban J connectivity index is 1.94. The number of nitrogens with zero attached hydrogens (tertiary/aromatic N) is 2. The Morgan fingerprint density at radius 1 is 1.20 bits per heavy atom. The Hall–Kier alpha value is -3.32. The second-order valence-corrected chi connectivity index (χ2v) is 5.88. The minimum atomic E-state index is -0.403. The molecule has 0 aliphatic heterocycles. The van der Waals surface area contributed by atoms with Crippen LogP contribution in [0.25, 0.3) is 17.0 Å². The molecule has 4 nitrogen and oxygen atoms in total. The number of aryl methyl sites for hydroxylation is 2. The number of benzene rings is 2. The summed E-state index contributed by atoms with van der Waals surface area (Å²) in [7, 11) is 0. The van der Waals surface area contributed by atoms with E-state index in [9.17, 15) is 10.1 Å². The number of anilines is 1. The number of carbonyl (C=O) groups is 1. The highest BCUT2D eigenvalue weighted by Gasteiger charge is 2.12. The van der Waals surface area contributed by atoms with Crippen molar-refractivity contribution in [1.82, 2.24) is 4.57 Å². The van der Waals surface area contributed by atoms with E-state index in [-0.39, 0.29) is 5.57 Å². The van der Waals surface area contributed by atoms with Gasteiger partial charge in [0.2, 0.25) is 0 Å². The lowest BCUT2D eigenvalue weighted by Gasteiger charge is -2.04. The molecule has 0 spiro atoms. The minimum absolute atomic E-state index is 0.0829. The van der Waals surface area contributed by atoms with Crippen molar-refractivity contribution in [3.8, 4) is 6.07 Å². The number of fused-ring (bicyclic) bond motifs is 1. The molecule has 1 heterocycles. The van der Waals surface area contributed by atoms with Crippen molar-refractivity contribution < 1.29 is 4.79 Å². The van der Waals surface area contributed by atoms with Crippen LogP contribution in [-0.4, -0.2) is 10.5 Å². The molecule has 3 rings (SSSR count). The van der Waals surface area contributed by atoms with Gasteiger partial charge in [-0.2, -0.15) is 5.26 Å². The Morgan fingerprint density at radius 2 is 1.92 bits per heavy atom. The molecule has 124 valence electrons. The van der Waals surface area contributed by atoms with Crippen molar-refractivity contribution in [1.29, 1.82) is 5.26 Å². The Labute approximate surface area is 147 Å². The van der Waals surface area contributed by atoms with Gasteiger partial charge in [-0.25, -0.2) is 0 Å². The highest BCUT2D eigenvalue weighted by Crippen LogP contribution is 2.24. The molecular weight excluding hydrogens is 310 g/mol. The van der Waals surface area contributed by atoms with Gasteiger partial charge in [-0.3, -0.25) is 4.79 Å². The largest absolute Gasteiger partial charge is 0.347 e. The van der Waals surface area contributed by atoms with Gasteiger partial charge in [0, 0.05) is 34.9 Å². The molecule has 0 aliphatic carbocycles. The first kappa shape index (κ1) is 16.5. The standard InChI is InChI=1S/C21H19N3O/c1-3-24-14-17(19-6-4-5-7-20(19)24)12-16(13-22)21(25)23-18-10-8-15(2)9-11-18/h4-12,14H,3H2,1-2H3,(H,23,25)/b16-12+. The molecule has 1 amide bonds. The number of amides is 1. The average molecular weight is 329 g/mol. The third-order valence-electron chi connectivity index (χ3n) is 4.13. The summed E-state index contributed by atoms with van der Waals surface area (Å²) in [5.41, 5.74) is 3.83. The summed E-state index contributed by atoms with van der Waals surface area (Å²) >= 11 is 0. The van der Waals surface area contributed by atoms with E-state index in [0.717, 1.165) is 28.6 Å². The SMILES string of the molecule is CCn1cc(/C=C(\C#N)C(=O)Nc2ccc(C)cc2)c2ccccc21. The van der Waals surface area contributed by atoms with Crippen molar-refractivity contribution in [2.45, 2.75) is 20.4 Å². The average Bonchev–Trinajstić information content (AvgIpc) is 2.99. The summed E-state index contributed by atoms with van der Waals surface area (Å²) in [6, 6.07) is 17.5. The fourth-order valence-electron chi connectivity index (χ4n) is 2.79. The lowest BCUT2D eigenvalue weighted by molar-refractivity contribution is -0.112. The van der Waals surface area contributed by atoms with Crippen molar-refractivity contribution in [2.24, 2.45) is 0 Å². The first-order chi connectivity index (χ1) is 12.1. The number of carbonyl (C=O) groups excluding carboxylic acids is 1. The van der Waals surface area contributed by atoms with Crippen molar-refractivity contribution >= 4 is 28.6 Å². The molecule has 2 aromatic carbocycles. The highest BCUT2D eigenvalue weighted by molar-refractivity contribution is 6.10. The van der Waals surface area contributed by atoms with E-state index in [4.69, 9.17) is 0 Å². The van der Waals surface area contributed by atoms with Crippen LogP contribution >= 0.6 is 0 Å². The summed E-state index contributed by atoms with van der Waals surface area (Å²) in [6.07, 6.45) is 3.62. The zero-order chi connectivity index (χ0) is 17.8. The molecule has 0 atom stereocenters. The number of hydrogen-bond acceptors (Lipinski definition) is 2. The molecule has 0 bridgehead atoms. The van der Waals surface area contributed by atoms with Gasteiger partial charge < -0.3 is 9.88 Å². The van der Waals surface area contributed by atoms with Gasteiger partial charge in [0.05, 0.1) is 0 Å². The molecule has 4 heteroatoms. The van der Waals surface area contributed by atoms with Crippen LogP contribution < -0.4 is 5.32 Å². The molecule has 0 fully saturated rings. The van der Waals surface area contributed by atoms with E-state index in [1.807, 2.05) is 67.7 Å². The lowest BCUT2D eigenvalue weighted by Crippen LogP contribution is -2.13. The van der Waals surface area contributed by atoms with Gasteiger partial charge in [-0.1, -0.05) is 35.9 Å². The molecule has 0 aliphatic rings. The predicted molar refractivity (Wildman–Crippen MR) is 101 cm³/mol. The molecular formula is C21H19N3O. The minimum Gasteiger partial charge on any atom is -0.347 e. The fraction of sp³-hybridized carbons (Fsp3) is 0.143. The quantitative estimate of drug-likeness (QED) is 0.565. The topological polar surface area (TPSA) is 57.8 Å². The second kappa shape index (κ2) is 7.06. The third kappa shape index (κ3) is 3.46. The van der Waals surface area contributed by atoms with Gasteiger partial charge in [-0.15, -0.1) is 0 Å². The summed E-state index contributed by atoms with van der Waals surface area (Å²) in [5.74, 6) is -0.403. The Kier molecular flexibility index (Phi) is 4.67. The van der Waals surface area contributed by atoms with Gasteiger partial charge >= 0.3 is 0 Å². The number of para-hydroxylation sites is 1. The number of hydrogen-bond donors (Lipinski definition) is 1. The van der Waals surface area contributed by atoms with Crippen molar-refractivity contribution in [3.63, 3.8) is 0 Å². The lowest BCUT2D eigenvalue weighted by atomic mass is 10.1. The number of nitrogens with one attached hydrogen (secondary N) is 1. The number of rotatable bonds is 4. The summed E-state index contributed by atoms with van der Waals surface area (Å²) in [4.78, 5) is 12.4. The van der Waals surface area contributed by atoms with Crippen LogP contribution in [0.2, 0.25) is 0 Å². The van der Waals surface area contributed by atoms with E-state index in [1.54, 1.807) is 6.08 Å². The van der Waals surface area contributed by atoms with Crippen LogP contribution in [0, 0.1) is 18.3 Å². The molecule has 0 saturated carbocycles. The Bertz CT molecular complexity index is 988. The predicted octanol–water partition coefficient (Wildman–Crippen LogP) is 4.52. The summed E-state index contributed by atoms with van der Waals surface area (Å²) < 4.78 is 2.11. The molecule has 0 saturated heterocycles. The second-order valence-electron chi connectivity index (χ2n) is 5.88. The number of nitriles is 1. The van der Waals surface area contributed by atoms with E-state index >= 15 is 0 Å². The third-order valence-corrected chi connectivity index (χ3v) is 4.13. The van der Waals surface area contributed by atoms with Crippen LogP contribution in [0.5, 0.6) is 0 Å². The Morgan fingerprint density at radius 3 is 2.60 bits per heavy atom. The van der Waals surface area contributed by atoms with Crippen LogP contribution in [0.1, 0.15) is 18.1 Å². The first-order valence-corrected chi connectivity index (χ1v) is 8.20. The van der Waals surface area contributed by atoms with E-state index in [0.29, 0.717) is 5.69 Å². The van der Waals surface area contributed by atoms with Crippen LogP contribution in [0.4, 0.5) is 5.69 Å². The van der Waals surface area contributed by atoms with Gasteiger partial charge in [0.15, 0.2) is 0 Å². The van der Waals surface area contributed by atoms with E-state index in [2.05, 4.69) is 16.8 Å². The maximum absolute atomic E-state index is 12.4. The van der Waals surface area contributed by atoms with Crippen LogP contribution in [0.3, 0.4) is 0 Å². The molecule has 0 radical (unpaired) electrons. The van der Waals surface area contributed by atoms with Gasteiger partial charge in [-0.05, 0) is 38.1 Å². The molecule has 1 N–H and O–H groups in total. The smallest absolute Gasteiger partial charge is 0.266 e. The zero-order valence-corrected chi connectivity index (χ0v) is 14.3. The van der Waals surface area contributed by atoms with Crippen LogP contribution in [-0.2, 0) is 11.3 Å². The molecule has 1 aromatic heterocycles. The van der Waals surface area contributed by atoms with Crippen molar-refractivity contribution in [3.05, 3.63) is 71.4 Å². The first-order valence-electron chi connectivity index (χ1n) is 8.20. The normalized spacial score (nSPS) is 11.3. The fourth-order valence-corrected chi connectivity index (χ4v) is 2.79. The molecule has 0 unspecified atom stereocenters. The van der Waals surface area contributed by atoms with Crippen molar-refractivity contribution in [2.75, 3.05) is 5.32 Å². The monoisotopic (exact) mass is 329 g/mol. The summed E-state index contributed by atoms with van der Waals surface area (Å²) in [5, 5.41) is 13.2. The number of aromatic nitrogens is 1. The van der Waals surface area contributed by atoms with Gasteiger partial charge in [0.1, 0.15) is 11.6 Å². The summed E-state index contributed by atoms with van der Waals surface area (Å²) in [6.45, 7) is 4.87. The zero-order valence-electron chi connectivity index (χ0n) is 14.3. The molecule has 3 aromatic rings. The van der Waals surface area contributed by atoms with E-state index < -0.39 is 5.91 Å². The maximum atomic E-state index is 12.4. The maximum Gasteiger partial charge on any atom is 0.266 e. The van der Waals surface area contributed by atoms with E-state index in [1.165, 1.54) is 0 Å². The molecule has 25 heavy (non-hydrogen) atoms. The van der Waals surface area contributed by atoms with Gasteiger partial charge in [0.25, 0.3) is 5.91 Å².